The molecule has 0 saturated carbocycles. The molecule has 124 valence electrons. The van der Waals surface area contributed by atoms with Crippen LogP contribution in [0, 0.1) is 11.8 Å². The summed E-state index contributed by atoms with van der Waals surface area (Å²) in [6.45, 7) is 8.75. The lowest BCUT2D eigenvalue weighted by atomic mass is 9.93. The molecule has 6 heteroatoms. The van der Waals surface area contributed by atoms with Gasteiger partial charge in [-0.3, -0.25) is 4.79 Å². The van der Waals surface area contributed by atoms with Gasteiger partial charge in [0.2, 0.25) is 5.91 Å². The van der Waals surface area contributed by atoms with Gasteiger partial charge in [-0.05, 0) is 39.8 Å². The highest BCUT2D eigenvalue weighted by molar-refractivity contribution is 5.76. The van der Waals surface area contributed by atoms with Gasteiger partial charge in [0.05, 0.1) is 6.04 Å². The lowest BCUT2D eigenvalue weighted by molar-refractivity contribution is -0.123. The van der Waals surface area contributed by atoms with Crippen LogP contribution in [-0.4, -0.2) is 26.1 Å². The summed E-state index contributed by atoms with van der Waals surface area (Å²) < 4.78 is 1.42. The second-order valence-electron chi connectivity index (χ2n) is 6.64. The van der Waals surface area contributed by atoms with Crippen LogP contribution in [0.4, 0.5) is 0 Å². The van der Waals surface area contributed by atoms with Crippen molar-refractivity contribution in [1.82, 2.24) is 25.5 Å². The molecule has 0 aliphatic carbocycles. The first kappa shape index (κ1) is 17.1. The molecule has 0 spiro atoms. The summed E-state index contributed by atoms with van der Waals surface area (Å²) in [6, 6.07) is 8.50. The number of hydrogen-bond acceptors (Lipinski definition) is 4. The minimum Gasteiger partial charge on any atom is -0.347 e. The van der Waals surface area contributed by atoms with E-state index in [1.807, 2.05) is 0 Å². The van der Waals surface area contributed by atoms with Crippen LogP contribution in [0.3, 0.4) is 0 Å². The van der Waals surface area contributed by atoms with E-state index in [0.717, 1.165) is 12.0 Å². The highest BCUT2D eigenvalue weighted by Gasteiger charge is 2.18. The topological polar surface area (TPSA) is 72.7 Å². The first-order valence-electron chi connectivity index (χ1n) is 8.04. The van der Waals surface area contributed by atoms with Crippen LogP contribution in [-0.2, 0) is 17.8 Å². The van der Waals surface area contributed by atoms with Gasteiger partial charge < -0.3 is 5.32 Å². The van der Waals surface area contributed by atoms with Crippen molar-refractivity contribution in [3.8, 4) is 0 Å². The fourth-order valence-electron chi connectivity index (χ4n) is 2.59. The van der Waals surface area contributed by atoms with E-state index in [9.17, 15) is 4.79 Å². The Kier molecular flexibility index (Phi) is 5.84. The van der Waals surface area contributed by atoms with Crippen molar-refractivity contribution in [3.05, 3.63) is 41.7 Å². The quantitative estimate of drug-likeness (QED) is 0.851. The van der Waals surface area contributed by atoms with Crippen LogP contribution in [0.1, 0.15) is 44.9 Å². The molecule has 1 N–H and O–H groups in total. The maximum absolute atomic E-state index is 12.2. The molecule has 2 rings (SSSR count). The molecule has 1 heterocycles. The smallest absolute Gasteiger partial charge is 0.242 e. The number of tetrazole rings is 1. The minimum atomic E-state index is -0.0951. The Hall–Kier alpha value is -2.24. The monoisotopic (exact) mass is 315 g/mol. The fraction of sp³-hybridized carbons (Fsp3) is 0.529. The van der Waals surface area contributed by atoms with E-state index in [1.54, 1.807) is 0 Å². The van der Waals surface area contributed by atoms with Crippen molar-refractivity contribution in [2.24, 2.45) is 11.8 Å². The lowest BCUT2D eigenvalue weighted by Crippen LogP contribution is -2.34. The molecule has 0 aliphatic heterocycles. The van der Waals surface area contributed by atoms with E-state index in [4.69, 9.17) is 0 Å². The number of aromatic nitrogens is 4. The van der Waals surface area contributed by atoms with Gasteiger partial charge in [-0.15, -0.1) is 5.10 Å². The average molecular weight is 315 g/mol. The molecule has 0 saturated heterocycles. The summed E-state index contributed by atoms with van der Waals surface area (Å²) in [5, 5.41) is 13.9. The standard InChI is InChI=1S/C17H25N5O/c1-12(2)9-14-5-7-15(8-6-14)17(13(3)4)19-16(23)10-22-11-18-20-21-22/h5-8,11-13,17H,9-10H2,1-4H3,(H,19,23)/t17-/m0/s1. The van der Waals surface area contributed by atoms with Gasteiger partial charge >= 0.3 is 0 Å². The maximum atomic E-state index is 12.2. The summed E-state index contributed by atoms with van der Waals surface area (Å²) in [6.07, 6.45) is 2.50. The second kappa shape index (κ2) is 7.85. The average Bonchev–Trinajstić information content (AvgIpc) is 2.98. The Balaban J connectivity index is 2.04. The maximum Gasteiger partial charge on any atom is 0.242 e. The highest BCUT2D eigenvalue weighted by atomic mass is 16.2. The van der Waals surface area contributed by atoms with E-state index in [0.29, 0.717) is 11.8 Å². The van der Waals surface area contributed by atoms with Gasteiger partial charge in [-0.2, -0.15) is 0 Å². The van der Waals surface area contributed by atoms with Gasteiger partial charge in [-0.25, -0.2) is 4.68 Å². The SMILES string of the molecule is CC(C)Cc1ccc([C@@H](NC(=O)Cn2cnnn2)C(C)C)cc1. The van der Waals surface area contributed by atoms with E-state index >= 15 is 0 Å². The molecule has 0 aliphatic rings. The Morgan fingerprint density at radius 3 is 2.39 bits per heavy atom. The largest absolute Gasteiger partial charge is 0.347 e. The van der Waals surface area contributed by atoms with E-state index in [1.165, 1.54) is 16.6 Å². The molecular formula is C17H25N5O. The number of carbonyl (C=O) groups is 1. The van der Waals surface area contributed by atoms with Crippen LogP contribution in [0.5, 0.6) is 0 Å². The summed E-state index contributed by atoms with van der Waals surface area (Å²) in [4.78, 5) is 12.2. The zero-order valence-corrected chi connectivity index (χ0v) is 14.2. The molecular weight excluding hydrogens is 290 g/mol. The summed E-state index contributed by atoms with van der Waals surface area (Å²) >= 11 is 0. The Bertz CT molecular complexity index is 604. The van der Waals surface area contributed by atoms with Crippen LogP contribution < -0.4 is 5.32 Å². The van der Waals surface area contributed by atoms with Gasteiger partial charge in [0, 0.05) is 0 Å². The number of amides is 1. The zero-order valence-electron chi connectivity index (χ0n) is 14.2. The molecule has 1 aromatic carbocycles. The molecule has 0 radical (unpaired) electrons. The van der Waals surface area contributed by atoms with E-state index < -0.39 is 0 Å². The van der Waals surface area contributed by atoms with Crippen molar-refractivity contribution in [2.45, 2.75) is 46.7 Å². The normalized spacial score (nSPS) is 12.6. The van der Waals surface area contributed by atoms with Gasteiger partial charge in [-0.1, -0.05) is 52.0 Å². The number of carbonyl (C=O) groups excluding carboxylic acids is 1. The third-order valence-electron chi connectivity index (χ3n) is 3.66. The first-order chi connectivity index (χ1) is 11.0. The van der Waals surface area contributed by atoms with Crippen molar-refractivity contribution in [1.29, 1.82) is 0 Å². The molecule has 23 heavy (non-hydrogen) atoms. The molecule has 1 aromatic heterocycles. The van der Waals surface area contributed by atoms with E-state index in [2.05, 4.69) is 72.8 Å². The third kappa shape index (κ3) is 5.16. The van der Waals surface area contributed by atoms with Crippen molar-refractivity contribution in [2.75, 3.05) is 0 Å². The zero-order chi connectivity index (χ0) is 16.8. The molecule has 6 nitrogen and oxygen atoms in total. The summed E-state index contributed by atoms with van der Waals surface area (Å²) in [5.74, 6) is 0.837. The molecule has 0 bridgehead atoms. The molecule has 1 atom stereocenters. The fourth-order valence-corrected chi connectivity index (χ4v) is 2.59. The Morgan fingerprint density at radius 1 is 1.17 bits per heavy atom. The van der Waals surface area contributed by atoms with Crippen LogP contribution in [0.25, 0.3) is 0 Å². The second-order valence-corrected chi connectivity index (χ2v) is 6.64. The van der Waals surface area contributed by atoms with Crippen molar-refractivity contribution < 1.29 is 4.79 Å². The third-order valence-corrected chi connectivity index (χ3v) is 3.66. The number of benzene rings is 1. The molecule has 1 amide bonds. The van der Waals surface area contributed by atoms with Crippen LogP contribution >= 0.6 is 0 Å². The lowest BCUT2D eigenvalue weighted by Gasteiger charge is -2.23. The minimum absolute atomic E-state index is 0.0212. The molecule has 0 fully saturated rings. The first-order valence-corrected chi connectivity index (χ1v) is 8.04. The summed E-state index contributed by atoms with van der Waals surface area (Å²) in [7, 11) is 0. The number of rotatable bonds is 7. The number of hydrogen-bond donors (Lipinski definition) is 1. The number of nitrogens with zero attached hydrogens (tertiary/aromatic N) is 4. The highest BCUT2D eigenvalue weighted by Crippen LogP contribution is 2.22. The molecule has 2 aromatic rings. The van der Waals surface area contributed by atoms with Gasteiger partial charge in [0.15, 0.2) is 0 Å². The predicted molar refractivity (Wildman–Crippen MR) is 88.5 cm³/mol. The van der Waals surface area contributed by atoms with Crippen LogP contribution in [0.15, 0.2) is 30.6 Å². The van der Waals surface area contributed by atoms with Gasteiger partial charge in [0.25, 0.3) is 0 Å². The molecule has 0 unspecified atom stereocenters. The summed E-state index contributed by atoms with van der Waals surface area (Å²) in [5.41, 5.74) is 2.45. The predicted octanol–water partition coefficient (Wildman–Crippen LogP) is 2.39. The number of nitrogens with one attached hydrogen (secondary N) is 1. The van der Waals surface area contributed by atoms with Crippen molar-refractivity contribution >= 4 is 5.91 Å². The Morgan fingerprint density at radius 2 is 1.87 bits per heavy atom. The van der Waals surface area contributed by atoms with Gasteiger partial charge in [0.1, 0.15) is 12.9 Å². The van der Waals surface area contributed by atoms with Crippen molar-refractivity contribution in [3.63, 3.8) is 0 Å². The Labute approximate surface area is 137 Å². The van der Waals surface area contributed by atoms with E-state index in [-0.39, 0.29) is 18.5 Å². The van der Waals surface area contributed by atoms with Crippen LogP contribution in [0.2, 0.25) is 0 Å².